The molecule has 4 nitrogen and oxygen atoms in total. The van der Waals surface area contributed by atoms with Gasteiger partial charge in [0.05, 0.1) is 11.6 Å². The molecule has 0 spiro atoms. The van der Waals surface area contributed by atoms with E-state index in [-0.39, 0.29) is 5.91 Å². The Kier molecular flexibility index (Phi) is 4.06. The van der Waals surface area contributed by atoms with Gasteiger partial charge in [0.2, 0.25) is 5.91 Å². The van der Waals surface area contributed by atoms with Gasteiger partial charge in [0, 0.05) is 30.9 Å². The van der Waals surface area contributed by atoms with Gasteiger partial charge in [-0.25, -0.2) is 0 Å². The van der Waals surface area contributed by atoms with Crippen LogP contribution < -0.4 is 10.2 Å². The summed E-state index contributed by atoms with van der Waals surface area (Å²) in [5.41, 5.74) is 3.92. The summed E-state index contributed by atoms with van der Waals surface area (Å²) in [6, 6.07) is 17.3. The number of hydrogen-bond donors (Lipinski definition) is 1. The first-order valence-corrected chi connectivity index (χ1v) is 7.39. The molecule has 1 heterocycles. The molecule has 0 fully saturated rings. The van der Waals surface area contributed by atoms with Gasteiger partial charge in [0.15, 0.2) is 0 Å². The number of nitrogens with zero attached hydrogens (tertiary/aromatic N) is 2. The van der Waals surface area contributed by atoms with Crippen LogP contribution in [0.4, 0.5) is 11.4 Å². The number of benzene rings is 2. The summed E-state index contributed by atoms with van der Waals surface area (Å²) in [5.74, 6) is -0.00547. The number of fused-ring (bicyclic) bond motifs is 1. The van der Waals surface area contributed by atoms with E-state index in [1.165, 1.54) is 11.3 Å². The molecule has 3 rings (SSSR count). The highest BCUT2D eigenvalue weighted by atomic mass is 16.1. The minimum Gasteiger partial charge on any atom is -0.370 e. The van der Waals surface area contributed by atoms with E-state index < -0.39 is 0 Å². The van der Waals surface area contributed by atoms with Crippen LogP contribution in [0, 0.1) is 11.3 Å². The number of para-hydroxylation sites is 1. The molecule has 22 heavy (non-hydrogen) atoms. The van der Waals surface area contributed by atoms with Gasteiger partial charge >= 0.3 is 0 Å². The third-order valence-electron chi connectivity index (χ3n) is 3.89. The van der Waals surface area contributed by atoms with Crippen molar-refractivity contribution in [1.82, 2.24) is 0 Å². The fourth-order valence-corrected chi connectivity index (χ4v) is 2.73. The van der Waals surface area contributed by atoms with E-state index in [1.54, 1.807) is 24.3 Å². The van der Waals surface area contributed by atoms with Gasteiger partial charge in [-0.15, -0.1) is 0 Å². The van der Waals surface area contributed by atoms with Gasteiger partial charge in [0.25, 0.3) is 0 Å². The minimum absolute atomic E-state index is 0.00547. The molecule has 4 heteroatoms. The number of anilines is 2. The molecule has 0 bridgehead atoms. The second-order valence-corrected chi connectivity index (χ2v) is 5.35. The number of rotatable bonds is 4. The summed E-state index contributed by atoms with van der Waals surface area (Å²) in [4.78, 5) is 14.3. The normalized spacial score (nSPS) is 12.6. The molecule has 1 amide bonds. The molecule has 0 saturated carbocycles. The summed E-state index contributed by atoms with van der Waals surface area (Å²) in [7, 11) is 0. The summed E-state index contributed by atoms with van der Waals surface area (Å²) >= 11 is 0. The summed E-state index contributed by atoms with van der Waals surface area (Å²) in [6.45, 7) is 1.70. The second-order valence-electron chi connectivity index (χ2n) is 5.35. The maximum atomic E-state index is 12.0. The van der Waals surface area contributed by atoms with Crippen LogP contribution in [0.2, 0.25) is 0 Å². The van der Waals surface area contributed by atoms with Crippen molar-refractivity contribution in [3.63, 3.8) is 0 Å². The number of hydrogen-bond acceptors (Lipinski definition) is 3. The van der Waals surface area contributed by atoms with Crippen molar-refractivity contribution in [2.75, 3.05) is 23.3 Å². The molecule has 1 aliphatic heterocycles. The molecular weight excluding hydrogens is 274 g/mol. The zero-order valence-corrected chi connectivity index (χ0v) is 12.2. The molecule has 0 aliphatic carbocycles. The van der Waals surface area contributed by atoms with Gasteiger partial charge in [-0.05, 0) is 42.3 Å². The minimum atomic E-state index is -0.00547. The van der Waals surface area contributed by atoms with E-state index in [4.69, 9.17) is 5.26 Å². The number of nitriles is 1. The van der Waals surface area contributed by atoms with Crippen LogP contribution in [-0.2, 0) is 11.2 Å². The van der Waals surface area contributed by atoms with E-state index in [1.807, 2.05) is 6.07 Å². The van der Waals surface area contributed by atoms with Crippen LogP contribution >= 0.6 is 0 Å². The third-order valence-corrected chi connectivity index (χ3v) is 3.89. The monoisotopic (exact) mass is 291 g/mol. The number of nitrogens with one attached hydrogen (secondary N) is 1. The molecule has 0 saturated heterocycles. The van der Waals surface area contributed by atoms with E-state index in [2.05, 4.69) is 34.5 Å². The average molecular weight is 291 g/mol. The third kappa shape index (κ3) is 3.09. The lowest BCUT2D eigenvalue weighted by Gasteiger charge is -2.18. The van der Waals surface area contributed by atoms with Crippen LogP contribution in [0.25, 0.3) is 0 Å². The smallest absolute Gasteiger partial charge is 0.226 e. The Hall–Kier alpha value is -2.80. The molecule has 1 N–H and O–H groups in total. The lowest BCUT2D eigenvalue weighted by Crippen LogP contribution is -2.26. The second kappa shape index (κ2) is 6.31. The van der Waals surface area contributed by atoms with Gasteiger partial charge in [-0.3, -0.25) is 4.79 Å². The summed E-state index contributed by atoms with van der Waals surface area (Å²) in [5, 5.41) is 11.6. The molecule has 1 aliphatic rings. The van der Waals surface area contributed by atoms with Crippen LogP contribution in [0.3, 0.4) is 0 Å². The van der Waals surface area contributed by atoms with E-state index in [9.17, 15) is 4.79 Å². The van der Waals surface area contributed by atoms with Crippen molar-refractivity contribution in [3.8, 4) is 6.07 Å². The maximum Gasteiger partial charge on any atom is 0.226 e. The fourth-order valence-electron chi connectivity index (χ4n) is 2.73. The average Bonchev–Trinajstić information content (AvgIpc) is 2.97. The van der Waals surface area contributed by atoms with Gasteiger partial charge in [0.1, 0.15) is 0 Å². The SMILES string of the molecule is N#Cc1ccc(NC(=O)CCN2CCc3ccccc32)cc1. The Bertz CT molecular complexity index is 716. The predicted molar refractivity (Wildman–Crippen MR) is 86.8 cm³/mol. The quantitative estimate of drug-likeness (QED) is 0.942. The molecule has 0 atom stereocenters. The van der Waals surface area contributed by atoms with Crippen LogP contribution in [0.5, 0.6) is 0 Å². The molecule has 2 aromatic carbocycles. The number of carbonyl (C=O) groups excluding carboxylic acids is 1. The van der Waals surface area contributed by atoms with Crippen molar-refractivity contribution in [2.24, 2.45) is 0 Å². The van der Waals surface area contributed by atoms with Crippen LogP contribution in [0.1, 0.15) is 17.5 Å². The first-order chi connectivity index (χ1) is 10.8. The molecular formula is C18H17N3O. The van der Waals surface area contributed by atoms with Crippen LogP contribution in [-0.4, -0.2) is 19.0 Å². The van der Waals surface area contributed by atoms with Crippen molar-refractivity contribution < 1.29 is 4.79 Å². The van der Waals surface area contributed by atoms with Crippen molar-refractivity contribution in [1.29, 1.82) is 5.26 Å². The number of amides is 1. The molecule has 0 unspecified atom stereocenters. The topological polar surface area (TPSA) is 56.1 Å². The summed E-state index contributed by atoms with van der Waals surface area (Å²) < 4.78 is 0. The molecule has 2 aromatic rings. The predicted octanol–water partition coefficient (Wildman–Crippen LogP) is 2.95. The van der Waals surface area contributed by atoms with E-state index in [0.29, 0.717) is 12.0 Å². The lowest BCUT2D eigenvalue weighted by molar-refractivity contribution is -0.116. The first-order valence-electron chi connectivity index (χ1n) is 7.39. The molecule has 0 radical (unpaired) electrons. The molecule has 110 valence electrons. The highest BCUT2D eigenvalue weighted by Crippen LogP contribution is 2.27. The van der Waals surface area contributed by atoms with Gasteiger partial charge in [-0.2, -0.15) is 5.26 Å². The fraction of sp³-hybridized carbons (Fsp3) is 0.222. The van der Waals surface area contributed by atoms with Crippen molar-refractivity contribution >= 4 is 17.3 Å². The number of carbonyl (C=O) groups is 1. The largest absolute Gasteiger partial charge is 0.370 e. The Morgan fingerprint density at radius 1 is 1.18 bits per heavy atom. The zero-order chi connectivity index (χ0) is 15.4. The maximum absolute atomic E-state index is 12.0. The Balaban J connectivity index is 1.54. The van der Waals surface area contributed by atoms with E-state index >= 15 is 0 Å². The van der Waals surface area contributed by atoms with Crippen LogP contribution in [0.15, 0.2) is 48.5 Å². The first kappa shape index (κ1) is 14.2. The Morgan fingerprint density at radius 2 is 1.95 bits per heavy atom. The highest BCUT2D eigenvalue weighted by molar-refractivity contribution is 5.91. The standard InChI is InChI=1S/C18H17N3O/c19-13-14-5-7-16(8-6-14)20-18(22)10-12-21-11-9-15-3-1-2-4-17(15)21/h1-8H,9-12H2,(H,20,22). The Morgan fingerprint density at radius 3 is 2.73 bits per heavy atom. The van der Waals surface area contributed by atoms with Gasteiger partial charge < -0.3 is 10.2 Å². The van der Waals surface area contributed by atoms with Crippen molar-refractivity contribution in [3.05, 3.63) is 59.7 Å². The highest BCUT2D eigenvalue weighted by Gasteiger charge is 2.18. The van der Waals surface area contributed by atoms with E-state index in [0.717, 1.165) is 25.2 Å². The lowest BCUT2D eigenvalue weighted by atomic mass is 10.2. The molecule has 0 aromatic heterocycles. The van der Waals surface area contributed by atoms with Gasteiger partial charge in [-0.1, -0.05) is 18.2 Å². The Labute approximate surface area is 130 Å². The van der Waals surface area contributed by atoms with Crippen molar-refractivity contribution in [2.45, 2.75) is 12.8 Å². The zero-order valence-electron chi connectivity index (χ0n) is 12.2. The summed E-state index contributed by atoms with van der Waals surface area (Å²) in [6.07, 6.45) is 1.50.